The standard InChI is InChI=1S/C18H20AsClN2O3/c19-15(10-9-12-5-2-1-3-6-12)16(23)18(25)22-21-17(24)13-7-4-8-14(20)11-13/h1-8,11,15-16,23H,9-10,19H2,(H,21,24)(H,22,25)/t15-,16-/m1/s1. The molecule has 0 aliphatic rings. The second-order valence-electron chi connectivity index (χ2n) is 5.59. The van der Waals surface area contributed by atoms with Crippen molar-refractivity contribution in [3.8, 4) is 0 Å². The van der Waals surface area contributed by atoms with Crippen molar-refractivity contribution in [3.05, 3.63) is 70.7 Å². The number of nitrogens with one attached hydrogen (secondary N) is 2. The molecule has 0 radical (unpaired) electrons. The molecule has 25 heavy (non-hydrogen) atoms. The summed E-state index contributed by atoms with van der Waals surface area (Å²) in [6.45, 7) is 0. The van der Waals surface area contributed by atoms with E-state index in [0.29, 0.717) is 17.0 Å². The summed E-state index contributed by atoms with van der Waals surface area (Å²) in [4.78, 5) is 23.9. The molecule has 5 nitrogen and oxygen atoms in total. The van der Waals surface area contributed by atoms with Gasteiger partial charge in [-0.2, -0.15) is 0 Å². The van der Waals surface area contributed by atoms with Gasteiger partial charge in [0.05, 0.1) is 0 Å². The Morgan fingerprint density at radius 2 is 1.80 bits per heavy atom. The Hall–Kier alpha value is -1.81. The summed E-state index contributed by atoms with van der Waals surface area (Å²) in [5.41, 5.74) is 6.03. The van der Waals surface area contributed by atoms with Crippen molar-refractivity contribution in [1.82, 2.24) is 10.9 Å². The maximum atomic E-state index is 12.0. The van der Waals surface area contributed by atoms with E-state index in [4.69, 9.17) is 11.6 Å². The summed E-state index contributed by atoms with van der Waals surface area (Å²) in [6.07, 6.45) is 0.285. The molecule has 2 rings (SSSR count). The van der Waals surface area contributed by atoms with Crippen LogP contribution in [-0.2, 0) is 11.2 Å². The zero-order valence-electron chi connectivity index (χ0n) is 13.5. The van der Waals surface area contributed by atoms with Gasteiger partial charge in [-0.25, -0.2) is 0 Å². The molecule has 0 aromatic heterocycles. The zero-order valence-corrected chi connectivity index (χ0v) is 16.7. The van der Waals surface area contributed by atoms with E-state index in [1.54, 1.807) is 18.2 Å². The fourth-order valence-corrected chi connectivity index (χ4v) is 3.13. The first-order chi connectivity index (χ1) is 12.0. The third-order valence-electron chi connectivity index (χ3n) is 3.67. The van der Waals surface area contributed by atoms with Gasteiger partial charge in [-0.15, -0.1) is 0 Å². The molecule has 3 N–H and O–H groups in total. The number of hydrogen-bond donors (Lipinski definition) is 3. The van der Waals surface area contributed by atoms with Gasteiger partial charge in [0.25, 0.3) is 0 Å². The molecular formula is C18H20AsClN2O3. The first-order valence-corrected chi connectivity index (χ1v) is 9.58. The molecule has 132 valence electrons. The number of aliphatic hydroxyl groups excluding tert-OH is 1. The van der Waals surface area contributed by atoms with Gasteiger partial charge >= 0.3 is 160 Å². The van der Waals surface area contributed by atoms with Crippen molar-refractivity contribution in [2.45, 2.75) is 23.7 Å². The summed E-state index contributed by atoms with van der Waals surface area (Å²) in [6, 6.07) is 16.2. The maximum absolute atomic E-state index is 12.0. The summed E-state index contributed by atoms with van der Waals surface area (Å²) in [7, 11) is 0. The van der Waals surface area contributed by atoms with Crippen LogP contribution in [0.2, 0.25) is 9.73 Å². The van der Waals surface area contributed by atoms with Gasteiger partial charge in [-0.05, 0) is 0 Å². The molecule has 0 fully saturated rings. The number of carbonyl (C=O) groups excluding carboxylic acids is 2. The van der Waals surface area contributed by atoms with Crippen LogP contribution in [0, 0.1) is 0 Å². The average molecular weight is 423 g/mol. The number of aryl methyl sites for hydroxylation is 1. The van der Waals surface area contributed by atoms with Crippen molar-refractivity contribution in [3.63, 3.8) is 0 Å². The first-order valence-electron chi connectivity index (χ1n) is 7.80. The predicted octanol–water partition coefficient (Wildman–Crippen LogP) is 1.52. The van der Waals surface area contributed by atoms with Crippen LogP contribution >= 0.6 is 11.6 Å². The molecule has 3 atom stereocenters. The molecule has 0 saturated heterocycles. The first kappa shape index (κ1) is 19.5. The Morgan fingerprint density at radius 1 is 1.08 bits per heavy atom. The topological polar surface area (TPSA) is 78.4 Å². The molecule has 1 unspecified atom stereocenters. The normalized spacial score (nSPS) is 12.9. The second-order valence-corrected chi connectivity index (χ2v) is 7.82. The van der Waals surface area contributed by atoms with E-state index in [0.717, 1.165) is 12.0 Å². The molecule has 2 amide bonds. The van der Waals surface area contributed by atoms with E-state index in [2.05, 4.69) is 10.9 Å². The van der Waals surface area contributed by atoms with E-state index in [9.17, 15) is 14.7 Å². The van der Waals surface area contributed by atoms with Gasteiger partial charge < -0.3 is 0 Å². The van der Waals surface area contributed by atoms with Gasteiger partial charge in [-0.3, -0.25) is 0 Å². The molecule has 0 heterocycles. The van der Waals surface area contributed by atoms with Gasteiger partial charge in [-0.1, -0.05) is 0 Å². The minimum atomic E-state index is -1.18. The van der Waals surface area contributed by atoms with E-state index in [1.807, 2.05) is 30.3 Å². The third-order valence-corrected chi connectivity index (χ3v) is 5.37. The fraction of sp³-hybridized carbons (Fsp3) is 0.222. The molecule has 0 aliphatic carbocycles. The number of aliphatic hydroxyl groups is 1. The predicted molar refractivity (Wildman–Crippen MR) is 100 cm³/mol. The third kappa shape index (κ3) is 6.20. The minimum absolute atomic E-state index is 0.184. The summed E-state index contributed by atoms with van der Waals surface area (Å²) < 4.78 is -0.184. The van der Waals surface area contributed by atoms with Crippen LogP contribution in [-0.4, -0.2) is 39.9 Å². The number of hydrazine groups is 1. The molecule has 0 aliphatic heterocycles. The monoisotopic (exact) mass is 422 g/mol. The van der Waals surface area contributed by atoms with E-state index in [-0.39, 0.29) is 4.71 Å². The Labute approximate surface area is 160 Å². The SMILES string of the molecule is O=C(NNC(=O)[C@H](O)[C@H]([AsH2])CCc1ccccc1)c1cccc(Cl)c1. The Kier molecular flexibility index (Phi) is 7.50. The number of benzene rings is 2. The van der Waals surface area contributed by atoms with Crippen LogP contribution in [0.1, 0.15) is 22.3 Å². The summed E-state index contributed by atoms with van der Waals surface area (Å²) in [5.74, 6) is -1.12. The molecule has 0 bridgehead atoms. The van der Waals surface area contributed by atoms with Crippen molar-refractivity contribution < 1.29 is 14.7 Å². The molecule has 0 spiro atoms. The molecular weight excluding hydrogens is 403 g/mol. The quantitative estimate of drug-likeness (QED) is 0.488. The van der Waals surface area contributed by atoms with Crippen molar-refractivity contribution in [1.29, 1.82) is 0 Å². The van der Waals surface area contributed by atoms with Crippen LogP contribution in [0.5, 0.6) is 0 Å². The Bertz CT molecular complexity index is 727. The summed E-state index contributed by atoms with van der Waals surface area (Å²) in [5, 5.41) is 10.6. The van der Waals surface area contributed by atoms with E-state index in [1.165, 1.54) is 22.9 Å². The van der Waals surface area contributed by atoms with E-state index < -0.39 is 17.9 Å². The fourth-order valence-electron chi connectivity index (χ4n) is 2.22. The zero-order chi connectivity index (χ0) is 18.2. The molecule has 7 heteroatoms. The van der Waals surface area contributed by atoms with Crippen molar-refractivity contribution in [2.75, 3.05) is 0 Å². The van der Waals surface area contributed by atoms with Crippen LogP contribution in [0.4, 0.5) is 0 Å². The van der Waals surface area contributed by atoms with Crippen LogP contribution < -0.4 is 10.9 Å². The van der Waals surface area contributed by atoms with Gasteiger partial charge in [0.2, 0.25) is 0 Å². The van der Waals surface area contributed by atoms with Crippen molar-refractivity contribution >= 4 is 40.3 Å². The molecule has 0 saturated carbocycles. The number of halogens is 1. The number of amides is 2. The van der Waals surface area contributed by atoms with Gasteiger partial charge in [0.1, 0.15) is 0 Å². The molecule has 2 aromatic carbocycles. The Morgan fingerprint density at radius 3 is 2.48 bits per heavy atom. The van der Waals surface area contributed by atoms with Crippen molar-refractivity contribution in [2.24, 2.45) is 0 Å². The Balaban J connectivity index is 1.80. The summed E-state index contributed by atoms with van der Waals surface area (Å²) >= 11 is 7.11. The van der Waals surface area contributed by atoms with Gasteiger partial charge in [0.15, 0.2) is 0 Å². The average Bonchev–Trinajstić information content (AvgIpc) is 2.64. The van der Waals surface area contributed by atoms with Crippen LogP contribution in [0.25, 0.3) is 0 Å². The number of rotatable bonds is 6. The van der Waals surface area contributed by atoms with Crippen LogP contribution in [0.3, 0.4) is 0 Å². The molecule has 2 aromatic rings. The second kappa shape index (κ2) is 9.61. The van der Waals surface area contributed by atoms with E-state index >= 15 is 0 Å². The van der Waals surface area contributed by atoms with Crippen LogP contribution in [0.15, 0.2) is 54.6 Å². The number of hydrogen-bond acceptors (Lipinski definition) is 3. The number of carbonyl (C=O) groups is 2. The van der Waals surface area contributed by atoms with Gasteiger partial charge in [0, 0.05) is 0 Å².